The van der Waals surface area contributed by atoms with Gasteiger partial charge < -0.3 is 10.3 Å². The molecule has 1 aromatic heterocycles. The quantitative estimate of drug-likeness (QED) is 0.736. The molecule has 0 saturated carbocycles. The van der Waals surface area contributed by atoms with Crippen molar-refractivity contribution in [3.05, 3.63) is 70.6 Å². The van der Waals surface area contributed by atoms with Gasteiger partial charge in [0.25, 0.3) is 0 Å². The van der Waals surface area contributed by atoms with Crippen LogP contribution in [0.3, 0.4) is 0 Å². The third kappa shape index (κ3) is 4.12. The summed E-state index contributed by atoms with van der Waals surface area (Å²) in [7, 11) is 0. The molecular formula is C17H16Cl2FN3O. The first-order chi connectivity index (χ1) is 11.0. The van der Waals surface area contributed by atoms with E-state index in [1.165, 1.54) is 12.1 Å². The molecule has 0 aliphatic heterocycles. The summed E-state index contributed by atoms with van der Waals surface area (Å²) in [6, 6.07) is 11.5. The van der Waals surface area contributed by atoms with E-state index in [1.54, 1.807) is 19.1 Å². The number of benzene rings is 2. The number of nitrogens with zero attached hydrogens (tertiary/aromatic N) is 2. The Morgan fingerprint density at radius 2 is 2.04 bits per heavy atom. The van der Waals surface area contributed by atoms with E-state index in [0.717, 1.165) is 16.7 Å². The highest BCUT2D eigenvalue weighted by Gasteiger charge is 2.17. The van der Waals surface area contributed by atoms with Crippen molar-refractivity contribution in [3.8, 4) is 11.1 Å². The van der Waals surface area contributed by atoms with Crippen molar-refractivity contribution in [2.24, 2.45) is 5.73 Å². The van der Waals surface area contributed by atoms with Crippen LogP contribution in [-0.2, 0) is 6.42 Å². The second-order valence-corrected chi connectivity index (χ2v) is 5.74. The van der Waals surface area contributed by atoms with Gasteiger partial charge in [0.2, 0.25) is 5.89 Å². The Kier molecular flexibility index (Phi) is 5.94. The van der Waals surface area contributed by atoms with Gasteiger partial charge in [-0.25, -0.2) is 4.39 Å². The van der Waals surface area contributed by atoms with Crippen LogP contribution in [0.15, 0.2) is 47.0 Å². The molecule has 1 atom stereocenters. The molecule has 0 amide bonds. The number of nitrogens with two attached hydrogens (primary N) is 1. The normalized spacial score (nSPS) is 11.8. The molecule has 126 valence electrons. The fourth-order valence-corrected chi connectivity index (χ4v) is 2.65. The highest BCUT2D eigenvalue weighted by molar-refractivity contribution is 6.30. The van der Waals surface area contributed by atoms with E-state index in [-0.39, 0.29) is 18.2 Å². The van der Waals surface area contributed by atoms with Gasteiger partial charge in [0.1, 0.15) is 5.82 Å². The van der Waals surface area contributed by atoms with Crippen LogP contribution in [0.25, 0.3) is 11.1 Å². The molecule has 0 aliphatic rings. The summed E-state index contributed by atoms with van der Waals surface area (Å²) in [4.78, 5) is 4.13. The van der Waals surface area contributed by atoms with Crippen LogP contribution in [0.4, 0.5) is 4.39 Å². The lowest BCUT2D eigenvalue weighted by Gasteiger charge is -2.13. The Bertz CT molecular complexity index is 838. The minimum absolute atomic E-state index is 0. The molecular weight excluding hydrogens is 352 g/mol. The Morgan fingerprint density at radius 1 is 1.25 bits per heavy atom. The highest BCUT2D eigenvalue weighted by atomic mass is 35.5. The lowest BCUT2D eigenvalue weighted by atomic mass is 9.95. The lowest BCUT2D eigenvalue weighted by Crippen LogP contribution is -2.14. The number of rotatable bonds is 4. The SMILES string of the molecule is Cc1noc([C@H](N)Cc2cc(F)ccc2-c2cccc(Cl)c2)n1.Cl. The zero-order valence-electron chi connectivity index (χ0n) is 12.9. The number of aromatic nitrogens is 2. The minimum atomic E-state index is -0.504. The minimum Gasteiger partial charge on any atom is -0.338 e. The van der Waals surface area contributed by atoms with Gasteiger partial charge >= 0.3 is 0 Å². The summed E-state index contributed by atoms with van der Waals surface area (Å²) < 4.78 is 18.8. The van der Waals surface area contributed by atoms with E-state index >= 15 is 0 Å². The van der Waals surface area contributed by atoms with Crippen molar-refractivity contribution in [2.75, 3.05) is 0 Å². The molecule has 0 fully saturated rings. The zero-order chi connectivity index (χ0) is 16.4. The van der Waals surface area contributed by atoms with Crippen LogP contribution >= 0.6 is 24.0 Å². The molecule has 0 aliphatic carbocycles. The second-order valence-electron chi connectivity index (χ2n) is 5.30. The van der Waals surface area contributed by atoms with Crippen molar-refractivity contribution >= 4 is 24.0 Å². The van der Waals surface area contributed by atoms with Gasteiger partial charge in [0, 0.05) is 5.02 Å². The smallest absolute Gasteiger partial charge is 0.243 e. The summed E-state index contributed by atoms with van der Waals surface area (Å²) in [6.07, 6.45) is 0.376. The van der Waals surface area contributed by atoms with E-state index in [4.69, 9.17) is 21.9 Å². The maximum Gasteiger partial charge on any atom is 0.243 e. The Balaban J connectivity index is 0.00000208. The summed E-state index contributed by atoms with van der Waals surface area (Å²) in [5.41, 5.74) is 8.66. The van der Waals surface area contributed by atoms with Gasteiger partial charge in [-0.05, 0) is 54.3 Å². The van der Waals surface area contributed by atoms with Gasteiger partial charge in [-0.1, -0.05) is 35.0 Å². The number of halogens is 3. The summed E-state index contributed by atoms with van der Waals surface area (Å²) in [6.45, 7) is 1.72. The molecule has 4 nitrogen and oxygen atoms in total. The van der Waals surface area contributed by atoms with Crippen LogP contribution in [0, 0.1) is 12.7 Å². The molecule has 0 radical (unpaired) electrons. The molecule has 0 bridgehead atoms. The van der Waals surface area contributed by atoms with Crippen molar-refractivity contribution in [3.63, 3.8) is 0 Å². The maximum absolute atomic E-state index is 13.7. The molecule has 2 aromatic carbocycles. The topological polar surface area (TPSA) is 64.9 Å². The average molecular weight is 368 g/mol. The molecule has 3 aromatic rings. The van der Waals surface area contributed by atoms with Crippen LogP contribution in [-0.4, -0.2) is 10.1 Å². The first-order valence-electron chi connectivity index (χ1n) is 7.13. The van der Waals surface area contributed by atoms with E-state index < -0.39 is 6.04 Å². The monoisotopic (exact) mass is 367 g/mol. The highest BCUT2D eigenvalue weighted by Crippen LogP contribution is 2.29. The third-order valence-electron chi connectivity index (χ3n) is 3.50. The summed E-state index contributed by atoms with van der Waals surface area (Å²) in [5, 5.41) is 4.35. The Morgan fingerprint density at radius 3 is 2.71 bits per heavy atom. The van der Waals surface area contributed by atoms with Gasteiger partial charge in [0.15, 0.2) is 5.82 Å². The number of hydrogen-bond acceptors (Lipinski definition) is 4. The van der Waals surface area contributed by atoms with E-state index in [1.807, 2.05) is 18.2 Å². The predicted octanol–water partition coefficient (Wildman–Crippen LogP) is 4.50. The van der Waals surface area contributed by atoms with Gasteiger partial charge in [-0.15, -0.1) is 12.4 Å². The van der Waals surface area contributed by atoms with Crippen LogP contribution in [0.1, 0.15) is 23.3 Å². The largest absolute Gasteiger partial charge is 0.338 e. The molecule has 3 rings (SSSR count). The van der Waals surface area contributed by atoms with Crippen molar-refractivity contribution in [1.82, 2.24) is 10.1 Å². The van der Waals surface area contributed by atoms with Gasteiger partial charge in [0.05, 0.1) is 6.04 Å². The van der Waals surface area contributed by atoms with E-state index in [0.29, 0.717) is 23.2 Å². The van der Waals surface area contributed by atoms with Crippen LogP contribution in [0.5, 0.6) is 0 Å². The first-order valence-corrected chi connectivity index (χ1v) is 7.51. The zero-order valence-corrected chi connectivity index (χ0v) is 14.4. The maximum atomic E-state index is 13.7. The molecule has 1 heterocycles. The van der Waals surface area contributed by atoms with Crippen LogP contribution < -0.4 is 5.73 Å². The van der Waals surface area contributed by atoms with Gasteiger partial charge in [-0.3, -0.25) is 0 Å². The molecule has 0 saturated heterocycles. The molecule has 7 heteroatoms. The summed E-state index contributed by atoms with van der Waals surface area (Å²) in [5.74, 6) is 0.535. The van der Waals surface area contributed by atoms with Gasteiger partial charge in [-0.2, -0.15) is 4.98 Å². The molecule has 2 N–H and O–H groups in total. The van der Waals surface area contributed by atoms with Crippen molar-refractivity contribution in [1.29, 1.82) is 0 Å². The average Bonchev–Trinajstić information content (AvgIpc) is 2.94. The standard InChI is InChI=1S/C17H15ClFN3O.ClH/c1-10-21-17(23-22-10)16(20)9-12-8-14(19)5-6-15(12)11-3-2-4-13(18)7-11;/h2-8,16H,9,20H2,1H3;1H/t16-;/m1./s1. The fraction of sp³-hybridized carbons (Fsp3) is 0.176. The number of hydrogen-bond donors (Lipinski definition) is 1. The third-order valence-corrected chi connectivity index (χ3v) is 3.74. The summed E-state index contributed by atoms with van der Waals surface area (Å²) >= 11 is 6.05. The Hall–Kier alpha value is -1.95. The van der Waals surface area contributed by atoms with Crippen molar-refractivity contribution < 1.29 is 8.91 Å². The number of aryl methyl sites for hydroxylation is 1. The van der Waals surface area contributed by atoms with E-state index in [9.17, 15) is 4.39 Å². The second kappa shape index (κ2) is 7.75. The molecule has 0 unspecified atom stereocenters. The van der Waals surface area contributed by atoms with Crippen molar-refractivity contribution in [2.45, 2.75) is 19.4 Å². The van der Waals surface area contributed by atoms with Crippen LogP contribution in [0.2, 0.25) is 5.02 Å². The molecule has 0 spiro atoms. The predicted molar refractivity (Wildman–Crippen MR) is 93.8 cm³/mol. The lowest BCUT2D eigenvalue weighted by molar-refractivity contribution is 0.351. The first kappa shape index (κ1) is 18.4. The Labute approximate surface area is 150 Å². The van der Waals surface area contributed by atoms with E-state index in [2.05, 4.69) is 10.1 Å². The fourth-order valence-electron chi connectivity index (χ4n) is 2.46. The molecule has 24 heavy (non-hydrogen) atoms.